The van der Waals surface area contributed by atoms with E-state index in [1.165, 1.54) is 0 Å². The van der Waals surface area contributed by atoms with Crippen LogP contribution in [0.5, 0.6) is 0 Å². The van der Waals surface area contributed by atoms with E-state index in [-0.39, 0.29) is 0 Å². The summed E-state index contributed by atoms with van der Waals surface area (Å²) < 4.78 is 21.0. The molecule has 0 amide bonds. The van der Waals surface area contributed by atoms with Crippen LogP contribution in [0.2, 0.25) is 11.4 Å². The standard InChI is InChI=1S/C6H14AsO4P/c1-7(2)8-3-4-9-12-10-5-6-11-12/h3-6H2,1-2H3. The van der Waals surface area contributed by atoms with Crippen molar-refractivity contribution in [3.05, 3.63) is 0 Å². The van der Waals surface area contributed by atoms with Gasteiger partial charge in [-0.15, -0.1) is 0 Å². The summed E-state index contributed by atoms with van der Waals surface area (Å²) in [6, 6.07) is 0. The van der Waals surface area contributed by atoms with Crippen LogP contribution < -0.4 is 0 Å². The molecule has 72 valence electrons. The summed E-state index contributed by atoms with van der Waals surface area (Å²) >= 11 is -0.947. The second-order valence-corrected chi connectivity index (χ2v) is 7.54. The second-order valence-electron chi connectivity index (χ2n) is 2.37. The molecule has 0 aromatic rings. The molecule has 1 saturated heterocycles. The van der Waals surface area contributed by atoms with Gasteiger partial charge in [0.1, 0.15) is 0 Å². The van der Waals surface area contributed by atoms with Crippen LogP contribution in [0.4, 0.5) is 0 Å². The third kappa shape index (κ3) is 4.76. The third-order valence-electron chi connectivity index (χ3n) is 1.11. The Morgan fingerprint density at radius 1 is 1.25 bits per heavy atom. The summed E-state index contributed by atoms with van der Waals surface area (Å²) in [4.78, 5) is 0. The topological polar surface area (TPSA) is 36.9 Å². The first kappa shape index (κ1) is 10.9. The van der Waals surface area contributed by atoms with Gasteiger partial charge in [0, 0.05) is 0 Å². The fourth-order valence-corrected chi connectivity index (χ4v) is 2.48. The van der Waals surface area contributed by atoms with Gasteiger partial charge in [-0.2, -0.15) is 0 Å². The van der Waals surface area contributed by atoms with Crippen molar-refractivity contribution in [2.75, 3.05) is 26.4 Å². The van der Waals surface area contributed by atoms with E-state index in [0.717, 1.165) is 0 Å². The summed E-state index contributed by atoms with van der Waals surface area (Å²) in [5.74, 6) is 0. The van der Waals surface area contributed by atoms with Crippen molar-refractivity contribution < 1.29 is 17.3 Å². The fourth-order valence-electron chi connectivity index (χ4n) is 0.667. The first-order valence-electron chi connectivity index (χ1n) is 3.78. The zero-order valence-corrected chi connectivity index (χ0v) is 10.1. The minimum atomic E-state index is -1.04. The Bertz CT molecular complexity index is 118. The van der Waals surface area contributed by atoms with E-state index in [1.54, 1.807) is 0 Å². The minimum absolute atomic E-state index is 0.582. The van der Waals surface area contributed by atoms with Crippen molar-refractivity contribution >= 4 is 23.6 Å². The van der Waals surface area contributed by atoms with Crippen LogP contribution in [0.1, 0.15) is 0 Å². The second kappa shape index (κ2) is 6.31. The van der Waals surface area contributed by atoms with Gasteiger partial charge in [0.15, 0.2) is 0 Å². The molecule has 6 heteroatoms. The van der Waals surface area contributed by atoms with Gasteiger partial charge in [-0.25, -0.2) is 0 Å². The van der Waals surface area contributed by atoms with Crippen molar-refractivity contribution in [1.82, 2.24) is 0 Å². The van der Waals surface area contributed by atoms with E-state index in [9.17, 15) is 0 Å². The van der Waals surface area contributed by atoms with Gasteiger partial charge in [0.25, 0.3) is 0 Å². The normalized spacial score (nSPS) is 19.2. The van der Waals surface area contributed by atoms with Gasteiger partial charge in [-0.05, 0) is 0 Å². The number of rotatable bonds is 5. The Balaban J connectivity index is 1.88. The molecule has 0 radical (unpaired) electrons. The first-order chi connectivity index (χ1) is 5.79. The van der Waals surface area contributed by atoms with Gasteiger partial charge >= 0.3 is 78.7 Å². The maximum atomic E-state index is 5.42. The number of hydrogen-bond acceptors (Lipinski definition) is 4. The molecule has 1 aliphatic heterocycles. The van der Waals surface area contributed by atoms with E-state index in [0.29, 0.717) is 26.4 Å². The molecule has 1 fully saturated rings. The molecule has 0 atom stereocenters. The Labute approximate surface area is 79.1 Å². The van der Waals surface area contributed by atoms with E-state index >= 15 is 0 Å². The monoisotopic (exact) mass is 256 g/mol. The van der Waals surface area contributed by atoms with Crippen LogP contribution >= 0.6 is 8.60 Å². The van der Waals surface area contributed by atoms with Gasteiger partial charge in [0.2, 0.25) is 0 Å². The van der Waals surface area contributed by atoms with Gasteiger partial charge in [-0.3, -0.25) is 0 Å². The molecule has 0 N–H and O–H groups in total. The molecular weight excluding hydrogens is 242 g/mol. The van der Waals surface area contributed by atoms with Crippen molar-refractivity contribution in [2.24, 2.45) is 0 Å². The van der Waals surface area contributed by atoms with Crippen LogP contribution in [0.25, 0.3) is 0 Å². The van der Waals surface area contributed by atoms with Crippen LogP contribution in [0.15, 0.2) is 0 Å². The summed E-state index contributed by atoms with van der Waals surface area (Å²) in [7, 11) is -1.04. The zero-order valence-electron chi connectivity index (χ0n) is 7.36. The molecule has 12 heavy (non-hydrogen) atoms. The van der Waals surface area contributed by atoms with E-state index < -0.39 is 23.6 Å². The summed E-state index contributed by atoms with van der Waals surface area (Å²) in [6.45, 7) is 2.56. The predicted molar refractivity (Wildman–Crippen MR) is 48.2 cm³/mol. The van der Waals surface area contributed by atoms with Crippen LogP contribution in [0, 0.1) is 0 Å². The van der Waals surface area contributed by atoms with Crippen molar-refractivity contribution in [2.45, 2.75) is 11.4 Å². The molecule has 0 bridgehead atoms. The Morgan fingerprint density at radius 2 is 1.92 bits per heavy atom. The molecule has 4 nitrogen and oxygen atoms in total. The van der Waals surface area contributed by atoms with Crippen molar-refractivity contribution in [3.63, 3.8) is 0 Å². The maximum absolute atomic E-state index is 5.42. The summed E-state index contributed by atoms with van der Waals surface area (Å²) in [6.07, 6.45) is 0. The Kier molecular flexibility index (Phi) is 5.73. The Hall–Kier alpha value is 0.828. The average Bonchev–Trinajstić information content (AvgIpc) is 2.49. The molecule has 1 aliphatic rings. The van der Waals surface area contributed by atoms with Crippen molar-refractivity contribution in [3.8, 4) is 0 Å². The van der Waals surface area contributed by atoms with E-state index in [4.69, 9.17) is 17.3 Å². The fraction of sp³-hybridized carbons (Fsp3) is 1.00. The average molecular weight is 256 g/mol. The van der Waals surface area contributed by atoms with Crippen LogP contribution in [-0.4, -0.2) is 41.4 Å². The molecule has 0 spiro atoms. The zero-order chi connectivity index (χ0) is 8.81. The summed E-state index contributed by atoms with van der Waals surface area (Å²) in [5.41, 5.74) is 4.28. The van der Waals surface area contributed by atoms with Crippen LogP contribution in [-0.2, 0) is 17.3 Å². The van der Waals surface area contributed by atoms with Crippen LogP contribution in [0.3, 0.4) is 0 Å². The molecule has 0 unspecified atom stereocenters. The Morgan fingerprint density at radius 3 is 2.50 bits per heavy atom. The van der Waals surface area contributed by atoms with Gasteiger partial charge < -0.3 is 0 Å². The molecule has 0 aromatic heterocycles. The molecular formula is C6H14AsO4P. The third-order valence-corrected chi connectivity index (χ3v) is 3.75. The molecule has 1 rings (SSSR count). The van der Waals surface area contributed by atoms with E-state index in [2.05, 4.69) is 11.4 Å². The molecule has 0 aliphatic carbocycles. The first-order valence-corrected chi connectivity index (χ1v) is 9.39. The SMILES string of the molecule is C[As](C)OCCOP1OCCO1. The number of hydrogen-bond donors (Lipinski definition) is 0. The van der Waals surface area contributed by atoms with Gasteiger partial charge in [0.05, 0.1) is 0 Å². The van der Waals surface area contributed by atoms with Gasteiger partial charge in [-0.1, -0.05) is 0 Å². The molecule has 0 aromatic carbocycles. The molecule has 0 saturated carbocycles. The van der Waals surface area contributed by atoms with Crippen molar-refractivity contribution in [1.29, 1.82) is 0 Å². The molecule has 1 heterocycles. The quantitative estimate of drug-likeness (QED) is 0.425. The predicted octanol–water partition coefficient (Wildman–Crippen LogP) is 1.54. The van der Waals surface area contributed by atoms with E-state index in [1.807, 2.05) is 0 Å². The summed E-state index contributed by atoms with van der Waals surface area (Å²) in [5, 5.41) is 0.